The molecule has 0 atom stereocenters. The summed E-state index contributed by atoms with van der Waals surface area (Å²) in [5.74, 6) is -2.67. The molecule has 0 aliphatic heterocycles. The van der Waals surface area contributed by atoms with Crippen LogP contribution in [-0.2, 0) is 6.42 Å². The molecule has 3 nitrogen and oxygen atoms in total. The summed E-state index contributed by atoms with van der Waals surface area (Å²) in [6.45, 7) is 2.04. The van der Waals surface area contributed by atoms with Crippen LogP contribution >= 0.6 is 0 Å². The Morgan fingerprint density at radius 3 is 2.33 bits per heavy atom. The van der Waals surface area contributed by atoms with Crippen molar-refractivity contribution in [3.05, 3.63) is 59.2 Å². The largest absolute Gasteiger partial charge is 0.497 e. The highest BCUT2D eigenvalue weighted by Gasteiger charge is 2.17. The molecule has 0 saturated heterocycles. The number of rotatable bonds is 7. The van der Waals surface area contributed by atoms with Gasteiger partial charge in [-0.15, -0.1) is 0 Å². The van der Waals surface area contributed by atoms with Crippen LogP contribution in [0.1, 0.15) is 42.1 Å². The summed E-state index contributed by atoms with van der Waals surface area (Å²) >= 11 is 0. The zero-order valence-electron chi connectivity index (χ0n) is 13.8. The molecule has 128 valence electrons. The van der Waals surface area contributed by atoms with Gasteiger partial charge in [-0.1, -0.05) is 25.8 Å². The van der Waals surface area contributed by atoms with Crippen molar-refractivity contribution in [2.75, 3.05) is 7.11 Å². The van der Waals surface area contributed by atoms with Gasteiger partial charge in [0.25, 0.3) is 0 Å². The lowest BCUT2D eigenvalue weighted by Crippen LogP contribution is -2.10. The van der Waals surface area contributed by atoms with Gasteiger partial charge in [0.05, 0.1) is 12.7 Å². The van der Waals surface area contributed by atoms with Crippen molar-refractivity contribution in [3.63, 3.8) is 0 Å². The van der Waals surface area contributed by atoms with E-state index in [0.29, 0.717) is 17.7 Å². The van der Waals surface area contributed by atoms with Gasteiger partial charge in [-0.2, -0.15) is 4.39 Å². The van der Waals surface area contributed by atoms with E-state index >= 15 is 0 Å². The Morgan fingerprint density at radius 2 is 1.71 bits per heavy atom. The third-order valence-electron chi connectivity index (χ3n) is 3.70. The van der Waals surface area contributed by atoms with Gasteiger partial charge in [0.15, 0.2) is 11.6 Å². The van der Waals surface area contributed by atoms with Crippen molar-refractivity contribution in [1.82, 2.24) is 0 Å². The molecule has 0 saturated carbocycles. The van der Waals surface area contributed by atoms with Crippen LogP contribution in [0, 0.1) is 11.6 Å². The van der Waals surface area contributed by atoms with Crippen LogP contribution in [-0.4, -0.2) is 13.1 Å². The van der Waals surface area contributed by atoms with E-state index in [1.54, 1.807) is 12.1 Å². The Labute approximate surface area is 140 Å². The standard InChI is InChI=1S/C19H20F2O3/c1-3-4-5-6-13-9-12-16(18(21)17(13)20)24-19(22)14-7-10-15(23-2)11-8-14/h7-12H,3-6H2,1-2H3. The first-order chi connectivity index (χ1) is 11.6. The number of aryl methyl sites for hydroxylation is 1. The minimum Gasteiger partial charge on any atom is -0.497 e. The Kier molecular flexibility index (Phi) is 6.29. The smallest absolute Gasteiger partial charge is 0.343 e. The highest BCUT2D eigenvalue weighted by molar-refractivity contribution is 5.91. The molecule has 0 unspecified atom stereocenters. The summed E-state index contributed by atoms with van der Waals surface area (Å²) in [6, 6.07) is 8.92. The lowest BCUT2D eigenvalue weighted by molar-refractivity contribution is 0.0726. The molecule has 0 heterocycles. The lowest BCUT2D eigenvalue weighted by Gasteiger charge is -2.09. The minimum atomic E-state index is -1.13. The van der Waals surface area contributed by atoms with Crippen molar-refractivity contribution in [2.45, 2.75) is 32.6 Å². The maximum atomic E-state index is 14.1. The van der Waals surface area contributed by atoms with E-state index < -0.39 is 23.4 Å². The molecule has 0 aromatic heterocycles. The maximum absolute atomic E-state index is 14.1. The van der Waals surface area contributed by atoms with Gasteiger partial charge < -0.3 is 9.47 Å². The number of carbonyl (C=O) groups is 1. The molecule has 2 aromatic rings. The van der Waals surface area contributed by atoms with Crippen LogP contribution in [0.2, 0.25) is 0 Å². The number of ether oxygens (including phenoxy) is 2. The number of carbonyl (C=O) groups excluding carboxylic acids is 1. The predicted octanol–water partition coefficient (Wildman–Crippen LogP) is 4.93. The molecule has 24 heavy (non-hydrogen) atoms. The van der Waals surface area contributed by atoms with Gasteiger partial charge in [0.1, 0.15) is 5.75 Å². The van der Waals surface area contributed by atoms with E-state index in [-0.39, 0.29) is 5.56 Å². The number of halogens is 2. The Balaban J connectivity index is 2.11. The lowest BCUT2D eigenvalue weighted by atomic mass is 10.1. The summed E-state index contributed by atoms with van der Waals surface area (Å²) in [4.78, 5) is 12.0. The van der Waals surface area contributed by atoms with Crippen molar-refractivity contribution in [3.8, 4) is 11.5 Å². The third kappa shape index (κ3) is 4.31. The van der Waals surface area contributed by atoms with Gasteiger partial charge in [-0.3, -0.25) is 0 Å². The van der Waals surface area contributed by atoms with Gasteiger partial charge in [-0.25, -0.2) is 9.18 Å². The van der Waals surface area contributed by atoms with Crippen LogP contribution in [0.5, 0.6) is 11.5 Å². The first-order valence-electron chi connectivity index (χ1n) is 7.90. The third-order valence-corrected chi connectivity index (χ3v) is 3.70. The number of benzene rings is 2. The molecule has 0 fully saturated rings. The number of methoxy groups -OCH3 is 1. The molecule has 0 amide bonds. The molecule has 0 radical (unpaired) electrons. The van der Waals surface area contributed by atoms with Gasteiger partial charge >= 0.3 is 5.97 Å². The van der Waals surface area contributed by atoms with Crippen molar-refractivity contribution in [2.24, 2.45) is 0 Å². The first-order valence-corrected chi connectivity index (χ1v) is 7.90. The second-order valence-electron chi connectivity index (χ2n) is 5.43. The summed E-state index contributed by atoms with van der Waals surface area (Å²) in [6.07, 6.45) is 3.21. The van der Waals surface area contributed by atoms with Crippen molar-refractivity contribution >= 4 is 5.97 Å². The summed E-state index contributed by atoms with van der Waals surface area (Å²) in [7, 11) is 1.51. The number of hydrogen-bond donors (Lipinski definition) is 0. The zero-order valence-corrected chi connectivity index (χ0v) is 13.8. The van der Waals surface area contributed by atoms with Crippen LogP contribution in [0.15, 0.2) is 36.4 Å². The molecular formula is C19H20F2O3. The molecule has 0 aliphatic carbocycles. The Morgan fingerprint density at radius 1 is 1.00 bits per heavy atom. The monoisotopic (exact) mass is 334 g/mol. The first kappa shape index (κ1) is 17.9. The molecular weight excluding hydrogens is 314 g/mol. The number of hydrogen-bond acceptors (Lipinski definition) is 3. The highest BCUT2D eigenvalue weighted by atomic mass is 19.2. The summed E-state index contributed by atoms with van der Waals surface area (Å²) in [5.41, 5.74) is 0.521. The van der Waals surface area contributed by atoms with Gasteiger partial charge in [0, 0.05) is 0 Å². The van der Waals surface area contributed by atoms with Crippen LogP contribution in [0.3, 0.4) is 0 Å². The SMILES string of the molecule is CCCCCc1ccc(OC(=O)c2ccc(OC)cc2)c(F)c1F. The topological polar surface area (TPSA) is 35.5 Å². The Bertz CT molecular complexity index is 697. The zero-order chi connectivity index (χ0) is 17.5. The average molecular weight is 334 g/mol. The Hall–Kier alpha value is -2.43. The maximum Gasteiger partial charge on any atom is 0.343 e. The highest BCUT2D eigenvalue weighted by Crippen LogP contribution is 2.25. The second kappa shape index (κ2) is 8.43. The van der Waals surface area contributed by atoms with E-state index in [1.165, 1.54) is 31.4 Å². The second-order valence-corrected chi connectivity index (χ2v) is 5.43. The van der Waals surface area contributed by atoms with Crippen LogP contribution < -0.4 is 9.47 Å². The molecule has 5 heteroatoms. The molecule has 2 aromatic carbocycles. The fourth-order valence-electron chi connectivity index (χ4n) is 2.29. The molecule has 0 spiro atoms. The normalized spacial score (nSPS) is 10.5. The van der Waals surface area contributed by atoms with E-state index in [4.69, 9.17) is 9.47 Å². The van der Waals surface area contributed by atoms with Crippen LogP contribution in [0.25, 0.3) is 0 Å². The summed E-state index contributed by atoms with van der Waals surface area (Å²) < 4.78 is 38.1. The molecule has 0 aliphatic rings. The van der Waals surface area contributed by atoms with Crippen molar-refractivity contribution < 1.29 is 23.0 Å². The summed E-state index contributed by atoms with van der Waals surface area (Å²) in [5, 5.41) is 0. The van der Waals surface area contributed by atoms with E-state index in [2.05, 4.69) is 0 Å². The fourth-order valence-corrected chi connectivity index (χ4v) is 2.29. The predicted molar refractivity (Wildman–Crippen MR) is 87.5 cm³/mol. The van der Waals surface area contributed by atoms with E-state index in [9.17, 15) is 13.6 Å². The van der Waals surface area contributed by atoms with Crippen LogP contribution in [0.4, 0.5) is 8.78 Å². The molecule has 2 rings (SSSR count). The van der Waals surface area contributed by atoms with Gasteiger partial charge in [-0.05, 0) is 48.7 Å². The minimum absolute atomic E-state index is 0.225. The molecule has 0 N–H and O–H groups in total. The van der Waals surface area contributed by atoms with Gasteiger partial charge in [0.2, 0.25) is 5.82 Å². The number of esters is 1. The fraction of sp³-hybridized carbons (Fsp3) is 0.316. The average Bonchev–Trinajstić information content (AvgIpc) is 2.61. The quantitative estimate of drug-likeness (QED) is 0.409. The van der Waals surface area contributed by atoms with E-state index in [1.807, 2.05) is 6.92 Å². The van der Waals surface area contributed by atoms with Crippen molar-refractivity contribution in [1.29, 1.82) is 0 Å². The van der Waals surface area contributed by atoms with E-state index in [0.717, 1.165) is 19.3 Å². The number of unbranched alkanes of at least 4 members (excludes halogenated alkanes) is 2. The molecule has 0 bridgehead atoms.